The molecule has 2 fully saturated rings. The fraction of sp³-hybridized carbons (Fsp3) is 1.00. The first kappa shape index (κ1) is 14.1. The van der Waals surface area contributed by atoms with Crippen molar-refractivity contribution in [3.05, 3.63) is 0 Å². The Kier molecular flexibility index (Phi) is 4.40. The van der Waals surface area contributed by atoms with E-state index in [1.54, 1.807) is 0 Å². The molecule has 1 nitrogen and oxygen atoms in total. The zero-order valence-electron chi connectivity index (χ0n) is 10.3. The van der Waals surface area contributed by atoms with Gasteiger partial charge >= 0.3 is 0 Å². The predicted molar refractivity (Wildman–Crippen MR) is 77.2 cm³/mol. The van der Waals surface area contributed by atoms with Crippen LogP contribution < -0.4 is 0 Å². The molecule has 8 atom stereocenters. The first-order chi connectivity index (χ1) is 7.91. The minimum Gasteiger partial charge on any atom is -0.393 e. The maximum atomic E-state index is 10.2. The van der Waals surface area contributed by atoms with E-state index in [2.05, 4.69) is 22.9 Å². The number of halogens is 1. The Morgan fingerprint density at radius 1 is 1.06 bits per heavy atom. The normalized spacial score (nSPS) is 55.9. The van der Waals surface area contributed by atoms with Crippen LogP contribution >= 0.6 is 15.9 Å². The quantitative estimate of drug-likeness (QED) is 0.579. The Labute approximate surface area is 117 Å². The summed E-state index contributed by atoms with van der Waals surface area (Å²) in [5.74, 6) is 0.902. The first-order valence-electron chi connectivity index (χ1n) is 6.50. The van der Waals surface area contributed by atoms with Crippen molar-refractivity contribution in [2.24, 2.45) is 17.8 Å². The Bertz CT molecular complexity index is 278. The Balaban J connectivity index is 2.14. The Hall–Kier alpha value is 0.635. The molecule has 6 radical (unpaired) electrons. The fourth-order valence-electron chi connectivity index (χ4n) is 3.65. The van der Waals surface area contributed by atoms with E-state index < -0.39 is 0 Å². The summed E-state index contributed by atoms with van der Waals surface area (Å²) < 4.78 is 0. The van der Waals surface area contributed by atoms with E-state index >= 15 is 0 Å². The maximum absolute atomic E-state index is 10.2. The van der Waals surface area contributed by atoms with Crippen LogP contribution in [0.3, 0.4) is 0 Å². The highest BCUT2D eigenvalue weighted by Crippen LogP contribution is 2.53. The van der Waals surface area contributed by atoms with Crippen LogP contribution in [0.4, 0.5) is 0 Å². The van der Waals surface area contributed by atoms with Gasteiger partial charge in [-0.15, -0.1) is 0 Å². The minimum absolute atomic E-state index is 0.0749. The SMILES string of the molecule is [B]C1CC(Br)C[C@H](C2[C@@H](O)C[C@H]([B])[C@H]2[B])C1C. The Morgan fingerprint density at radius 2 is 1.71 bits per heavy atom. The molecule has 17 heavy (non-hydrogen) atoms. The van der Waals surface area contributed by atoms with Crippen molar-refractivity contribution in [1.29, 1.82) is 0 Å². The summed E-state index contributed by atoms with van der Waals surface area (Å²) in [4.78, 5) is 0.440. The van der Waals surface area contributed by atoms with Crippen molar-refractivity contribution >= 4 is 39.5 Å². The number of aliphatic hydroxyl groups excluding tert-OH is 1. The first-order valence-corrected chi connectivity index (χ1v) is 7.42. The van der Waals surface area contributed by atoms with Crippen LogP contribution in [-0.4, -0.2) is 39.6 Å². The molecule has 0 aromatic carbocycles. The van der Waals surface area contributed by atoms with E-state index in [-0.39, 0.29) is 29.5 Å². The van der Waals surface area contributed by atoms with E-state index in [9.17, 15) is 5.11 Å². The fourth-order valence-corrected chi connectivity index (χ4v) is 4.51. The topological polar surface area (TPSA) is 20.2 Å². The summed E-state index contributed by atoms with van der Waals surface area (Å²) in [7, 11) is 18.3. The van der Waals surface area contributed by atoms with E-state index in [1.165, 1.54) is 0 Å². The van der Waals surface area contributed by atoms with E-state index in [1.807, 2.05) is 0 Å². The molecule has 0 heterocycles. The molecule has 2 aliphatic rings. The van der Waals surface area contributed by atoms with Gasteiger partial charge in [-0.05, 0) is 37.0 Å². The molecular formula is C12H18B3BrO. The smallest absolute Gasteiger partial charge is 0.0703 e. The molecule has 4 unspecified atom stereocenters. The van der Waals surface area contributed by atoms with Crippen LogP contribution in [0.2, 0.25) is 17.5 Å². The van der Waals surface area contributed by atoms with E-state index in [0.717, 1.165) is 12.8 Å². The van der Waals surface area contributed by atoms with Crippen LogP contribution in [0.5, 0.6) is 0 Å². The van der Waals surface area contributed by atoms with Gasteiger partial charge in [0.05, 0.1) is 29.6 Å². The highest BCUT2D eigenvalue weighted by molar-refractivity contribution is 9.09. The van der Waals surface area contributed by atoms with Gasteiger partial charge in [-0.2, -0.15) is 0 Å². The molecule has 0 aromatic heterocycles. The van der Waals surface area contributed by atoms with Gasteiger partial charge in [0, 0.05) is 4.83 Å². The lowest BCUT2D eigenvalue weighted by atomic mass is 9.55. The minimum atomic E-state index is -0.363. The van der Waals surface area contributed by atoms with Crippen molar-refractivity contribution in [1.82, 2.24) is 0 Å². The van der Waals surface area contributed by atoms with Crippen LogP contribution in [0.15, 0.2) is 0 Å². The van der Waals surface area contributed by atoms with Gasteiger partial charge < -0.3 is 5.11 Å². The standard InChI is InChI=1S/C12H18B3BrO/c1-5-7(2-6(16)3-8(5)13)11-10(17)4-9(14)12(11)15/h5-12,17H,2-4H2,1H3/t5?,6?,7-,8?,9-,10-,11?,12+/m0/s1. The zero-order chi connectivity index (χ0) is 12.7. The second-order valence-electron chi connectivity index (χ2n) is 5.88. The number of aliphatic hydroxyl groups is 1. The van der Waals surface area contributed by atoms with Gasteiger partial charge in [0.25, 0.3) is 0 Å². The van der Waals surface area contributed by atoms with Gasteiger partial charge in [0.15, 0.2) is 0 Å². The zero-order valence-corrected chi connectivity index (χ0v) is 11.9. The molecule has 2 saturated carbocycles. The summed E-state index contributed by atoms with van der Waals surface area (Å²) in [5.41, 5.74) is 0. The molecule has 0 amide bonds. The van der Waals surface area contributed by atoms with Crippen LogP contribution in [0, 0.1) is 17.8 Å². The van der Waals surface area contributed by atoms with Gasteiger partial charge in [-0.3, -0.25) is 0 Å². The molecule has 1 N–H and O–H groups in total. The lowest BCUT2D eigenvalue weighted by molar-refractivity contribution is 0.0627. The third-order valence-corrected chi connectivity index (χ3v) is 5.55. The predicted octanol–water partition coefficient (Wildman–Crippen LogP) is 2.05. The van der Waals surface area contributed by atoms with Crippen LogP contribution in [-0.2, 0) is 0 Å². The van der Waals surface area contributed by atoms with Crippen LogP contribution in [0.25, 0.3) is 0 Å². The number of rotatable bonds is 1. The molecule has 88 valence electrons. The maximum Gasteiger partial charge on any atom is 0.0703 e. The average molecular weight is 291 g/mol. The molecule has 0 bridgehead atoms. The lowest BCUT2D eigenvalue weighted by Crippen LogP contribution is -2.37. The van der Waals surface area contributed by atoms with Gasteiger partial charge in [-0.1, -0.05) is 40.3 Å². The third kappa shape index (κ3) is 2.65. The summed E-state index contributed by atoms with van der Waals surface area (Å²) in [6.45, 7) is 2.18. The third-order valence-electron chi connectivity index (χ3n) is 4.80. The number of hydrogen-bond acceptors (Lipinski definition) is 1. The summed E-state index contributed by atoms with van der Waals surface area (Å²) in [6.07, 6.45) is 2.30. The highest BCUT2D eigenvalue weighted by Gasteiger charge is 2.45. The monoisotopic (exact) mass is 290 g/mol. The second-order valence-corrected chi connectivity index (χ2v) is 7.17. The number of hydrogen-bond donors (Lipinski definition) is 1. The summed E-state index contributed by atoms with van der Waals surface area (Å²) >= 11 is 3.66. The molecule has 0 spiro atoms. The second kappa shape index (κ2) is 5.32. The lowest BCUT2D eigenvalue weighted by Gasteiger charge is -2.43. The molecule has 2 aliphatic carbocycles. The van der Waals surface area contributed by atoms with Crippen molar-refractivity contribution in [2.45, 2.75) is 54.6 Å². The number of alkyl halides is 1. The van der Waals surface area contributed by atoms with Crippen molar-refractivity contribution < 1.29 is 5.11 Å². The molecule has 0 saturated heterocycles. The van der Waals surface area contributed by atoms with E-state index in [4.69, 9.17) is 23.5 Å². The molecule has 0 aliphatic heterocycles. The van der Waals surface area contributed by atoms with Crippen molar-refractivity contribution in [2.75, 3.05) is 0 Å². The highest BCUT2D eigenvalue weighted by atomic mass is 79.9. The van der Waals surface area contributed by atoms with Crippen molar-refractivity contribution in [3.8, 4) is 0 Å². The summed E-state index contributed by atoms with van der Waals surface area (Å²) in [5, 5.41) is 10.2. The average Bonchev–Trinajstić information content (AvgIpc) is 2.48. The van der Waals surface area contributed by atoms with Gasteiger partial charge in [0.2, 0.25) is 0 Å². The van der Waals surface area contributed by atoms with Crippen molar-refractivity contribution in [3.63, 3.8) is 0 Å². The molecule has 5 heteroatoms. The van der Waals surface area contributed by atoms with Gasteiger partial charge in [-0.25, -0.2) is 0 Å². The molecule has 0 aromatic rings. The molecular weight excluding hydrogens is 272 g/mol. The largest absolute Gasteiger partial charge is 0.393 e. The van der Waals surface area contributed by atoms with Gasteiger partial charge in [0.1, 0.15) is 0 Å². The summed E-state index contributed by atoms with van der Waals surface area (Å²) in [6, 6.07) is 0. The molecule has 2 rings (SSSR count). The van der Waals surface area contributed by atoms with E-state index in [0.29, 0.717) is 23.1 Å². The Morgan fingerprint density at radius 3 is 2.24 bits per heavy atom. The van der Waals surface area contributed by atoms with Crippen LogP contribution in [0.1, 0.15) is 26.2 Å².